The molecule has 0 spiro atoms. The third kappa shape index (κ3) is 6.22. The molecule has 6 heteroatoms. The molecular formula is C25H36O6. The van der Waals surface area contributed by atoms with Crippen LogP contribution >= 0.6 is 0 Å². The summed E-state index contributed by atoms with van der Waals surface area (Å²) in [6.45, 7) is 3.29. The lowest BCUT2D eigenvalue weighted by atomic mass is 9.73. The largest absolute Gasteiger partial charge is 0.482 e. The fourth-order valence-corrected chi connectivity index (χ4v) is 5.58. The first-order valence-electron chi connectivity index (χ1n) is 11.7. The van der Waals surface area contributed by atoms with Gasteiger partial charge >= 0.3 is 11.9 Å². The second-order valence-corrected chi connectivity index (χ2v) is 9.18. The summed E-state index contributed by atoms with van der Waals surface area (Å²) in [6, 6.07) is 5.85. The third-order valence-corrected chi connectivity index (χ3v) is 6.98. The molecule has 1 aromatic rings. The number of unbranched alkanes of at least 4 members (excludes halogenated alkanes) is 2. The molecule has 2 aliphatic carbocycles. The van der Waals surface area contributed by atoms with Gasteiger partial charge in [0.15, 0.2) is 6.61 Å². The van der Waals surface area contributed by atoms with Crippen LogP contribution in [0.2, 0.25) is 0 Å². The topological polar surface area (TPSA) is 93.1 Å². The van der Waals surface area contributed by atoms with E-state index < -0.39 is 5.97 Å². The Kier molecular flexibility index (Phi) is 8.35. The number of aliphatic carboxylic acids is 1. The lowest BCUT2D eigenvalue weighted by Gasteiger charge is -2.32. The summed E-state index contributed by atoms with van der Waals surface area (Å²) in [5.41, 5.74) is 2.29. The summed E-state index contributed by atoms with van der Waals surface area (Å²) in [5, 5.41) is 19.8. The van der Waals surface area contributed by atoms with Crippen LogP contribution < -0.4 is 4.74 Å². The third-order valence-electron chi connectivity index (χ3n) is 6.98. The van der Waals surface area contributed by atoms with Crippen LogP contribution in [-0.4, -0.2) is 41.0 Å². The lowest BCUT2D eigenvalue weighted by molar-refractivity contribution is -0.147. The summed E-state index contributed by atoms with van der Waals surface area (Å²) < 4.78 is 11.1. The van der Waals surface area contributed by atoms with Crippen molar-refractivity contribution in [3.05, 3.63) is 29.3 Å². The van der Waals surface area contributed by atoms with Crippen molar-refractivity contribution in [1.29, 1.82) is 0 Å². The van der Waals surface area contributed by atoms with Gasteiger partial charge in [-0.05, 0) is 79.9 Å². The van der Waals surface area contributed by atoms with Crippen molar-refractivity contribution in [2.75, 3.05) is 6.61 Å². The van der Waals surface area contributed by atoms with E-state index in [1.165, 1.54) is 12.5 Å². The molecule has 1 saturated carbocycles. The van der Waals surface area contributed by atoms with Gasteiger partial charge in [-0.1, -0.05) is 31.9 Å². The number of aliphatic hydroxyl groups excluding tert-OH is 1. The van der Waals surface area contributed by atoms with Crippen LogP contribution in [-0.2, 0) is 27.2 Å². The first-order chi connectivity index (χ1) is 14.9. The first kappa shape index (κ1) is 23.6. The Bertz CT molecular complexity index is 760. The minimum atomic E-state index is -0.982. The van der Waals surface area contributed by atoms with Gasteiger partial charge < -0.3 is 19.7 Å². The fraction of sp³-hybridized carbons (Fsp3) is 0.680. The van der Waals surface area contributed by atoms with Gasteiger partial charge in [-0.3, -0.25) is 4.79 Å². The van der Waals surface area contributed by atoms with Gasteiger partial charge in [-0.25, -0.2) is 4.79 Å². The van der Waals surface area contributed by atoms with E-state index in [1.54, 1.807) is 0 Å². The van der Waals surface area contributed by atoms with Crippen molar-refractivity contribution in [2.24, 2.45) is 17.8 Å². The molecule has 5 unspecified atom stereocenters. The van der Waals surface area contributed by atoms with Gasteiger partial charge in [0.25, 0.3) is 0 Å². The molecule has 0 aliphatic heterocycles. The number of hydrogen-bond donors (Lipinski definition) is 2. The molecule has 3 rings (SSSR count). The van der Waals surface area contributed by atoms with Crippen LogP contribution in [0, 0.1) is 17.8 Å². The Labute approximate surface area is 184 Å². The highest BCUT2D eigenvalue weighted by Gasteiger charge is 2.45. The average molecular weight is 433 g/mol. The van der Waals surface area contributed by atoms with Crippen molar-refractivity contribution < 1.29 is 29.3 Å². The predicted molar refractivity (Wildman–Crippen MR) is 117 cm³/mol. The van der Waals surface area contributed by atoms with Crippen LogP contribution in [0.5, 0.6) is 5.75 Å². The molecule has 1 fully saturated rings. The number of rotatable bonds is 11. The normalized spacial score (nSPS) is 25.4. The van der Waals surface area contributed by atoms with Crippen LogP contribution in [0.1, 0.15) is 69.9 Å². The van der Waals surface area contributed by atoms with Gasteiger partial charge in [0.05, 0.1) is 6.10 Å². The maximum absolute atomic E-state index is 11.5. The van der Waals surface area contributed by atoms with Crippen molar-refractivity contribution >= 4 is 11.9 Å². The zero-order valence-corrected chi connectivity index (χ0v) is 18.7. The maximum Gasteiger partial charge on any atom is 0.341 e. The number of carboxylic acid groups (broad SMARTS) is 1. The molecule has 2 N–H and O–H groups in total. The maximum atomic E-state index is 11.5. The molecule has 172 valence electrons. The highest BCUT2D eigenvalue weighted by molar-refractivity contribution is 5.68. The van der Waals surface area contributed by atoms with Crippen LogP contribution in [0.25, 0.3) is 0 Å². The quantitative estimate of drug-likeness (QED) is 0.403. The highest BCUT2D eigenvalue weighted by Crippen LogP contribution is 2.48. The smallest absolute Gasteiger partial charge is 0.341 e. The van der Waals surface area contributed by atoms with E-state index in [1.807, 2.05) is 12.1 Å². The number of carbonyl (C=O) groups is 2. The van der Waals surface area contributed by atoms with E-state index in [2.05, 4.69) is 13.0 Å². The average Bonchev–Trinajstić information content (AvgIpc) is 3.02. The van der Waals surface area contributed by atoms with Crippen LogP contribution in [0.3, 0.4) is 0 Å². The molecule has 0 radical (unpaired) electrons. The summed E-state index contributed by atoms with van der Waals surface area (Å²) in [6.07, 6.45) is 7.90. The van der Waals surface area contributed by atoms with Crippen molar-refractivity contribution in [3.8, 4) is 5.75 Å². The van der Waals surface area contributed by atoms with E-state index in [4.69, 9.17) is 14.6 Å². The minimum Gasteiger partial charge on any atom is -0.482 e. The Balaban J connectivity index is 1.65. The van der Waals surface area contributed by atoms with Gasteiger partial charge in [0.1, 0.15) is 11.9 Å². The molecule has 0 heterocycles. The Morgan fingerprint density at radius 2 is 2.00 bits per heavy atom. The van der Waals surface area contributed by atoms with E-state index in [9.17, 15) is 14.7 Å². The molecule has 6 nitrogen and oxygen atoms in total. The van der Waals surface area contributed by atoms with E-state index in [0.717, 1.165) is 63.4 Å². The predicted octanol–water partition coefficient (Wildman–Crippen LogP) is 4.15. The summed E-state index contributed by atoms with van der Waals surface area (Å²) in [7, 11) is 0. The Morgan fingerprint density at radius 1 is 1.19 bits per heavy atom. The van der Waals surface area contributed by atoms with Crippen molar-refractivity contribution in [3.63, 3.8) is 0 Å². The first-order valence-corrected chi connectivity index (χ1v) is 11.7. The number of hydrogen-bond acceptors (Lipinski definition) is 5. The number of ether oxygens (including phenoxy) is 2. The summed E-state index contributed by atoms with van der Waals surface area (Å²) in [5.74, 6) is 0.407. The van der Waals surface area contributed by atoms with E-state index in [-0.39, 0.29) is 30.7 Å². The zero-order chi connectivity index (χ0) is 22.4. The van der Waals surface area contributed by atoms with Gasteiger partial charge in [-0.15, -0.1) is 0 Å². The number of fused-ring (bicyclic) bond motifs is 2. The molecule has 5 atom stereocenters. The minimum absolute atomic E-state index is 0.0674. The second kappa shape index (κ2) is 11.0. The number of benzene rings is 1. The summed E-state index contributed by atoms with van der Waals surface area (Å²) in [4.78, 5) is 22.4. The molecule has 2 aliphatic rings. The molecule has 0 bridgehead atoms. The van der Waals surface area contributed by atoms with E-state index >= 15 is 0 Å². The molecule has 31 heavy (non-hydrogen) atoms. The van der Waals surface area contributed by atoms with Gasteiger partial charge in [0, 0.05) is 6.92 Å². The molecule has 1 aromatic carbocycles. The monoisotopic (exact) mass is 432 g/mol. The van der Waals surface area contributed by atoms with E-state index in [0.29, 0.717) is 17.6 Å². The molecule has 0 aromatic heterocycles. The molecule has 0 amide bonds. The Morgan fingerprint density at radius 3 is 2.71 bits per heavy atom. The Hall–Kier alpha value is -2.08. The van der Waals surface area contributed by atoms with Crippen molar-refractivity contribution in [2.45, 2.75) is 83.8 Å². The standard InChI is InChI=1S/C25H36O6/c1-3-4-5-8-19(31-16(2)26)10-11-20-21-12-17-7-6-9-24(30-15-25(28)29)22(17)13-18(21)14-23(20)27/h6-7,9,18-21,23,27H,3-5,8,10-15H2,1-2H3,(H,28,29). The second-order valence-electron chi connectivity index (χ2n) is 9.18. The van der Waals surface area contributed by atoms with Gasteiger partial charge in [-0.2, -0.15) is 0 Å². The SMILES string of the molecule is CCCCCC(CCC1C(O)CC2Cc3c(cccc3OCC(=O)O)CC21)OC(C)=O. The summed E-state index contributed by atoms with van der Waals surface area (Å²) >= 11 is 0. The highest BCUT2D eigenvalue weighted by atomic mass is 16.5. The molecule has 0 saturated heterocycles. The lowest BCUT2D eigenvalue weighted by Crippen LogP contribution is -2.28. The van der Waals surface area contributed by atoms with Crippen molar-refractivity contribution in [1.82, 2.24) is 0 Å². The molecular weight excluding hydrogens is 396 g/mol. The number of carboxylic acids is 1. The number of aliphatic hydroxyl groups is 1. The fourth-order valence-electron chi connectivity index (χ4n) is 5.58. The van der Waals surface area contributed by atoms with Crippen LogP contribution in [0.15, 0.2) is 18.2 Å². The zero-order valence-electron chi connectivity index (χ0n) is 18.7. The van der Waals surface area contributed by atoms with Crippen LogP contribution in [0.4, 0.5) is 0 Å². The van der Waals surface area contributed by atoms with Gasteiger partial charge in [0.2, 0.25) is 0 Å². The number of esters is 1. The number of carbonyl (C=O) groups excluding carboxylic acids is 1.